The largest absolute Gasteiger partial charge is 0.349 e. The number of hydrogen-bond acceptors (Lipinski definition) is 4. The van der Waals surface area contributed by atoms with Crippen molar-refractivity contribution < 1.29 is 0 Å². The van der Waals surface area contributed by atoms with Gasteiger partial charge in [-0.05, 0) is 22.5 Å². The lowest BCUT2D eigenvalue weighted by Gasteiger charge is -2.38. The number of nitrogens with zero attached hydrogens (tertiary/aromatic N) is 3. The molecule has 1 aromatic rings. The lowest BCUT2D eigenvalue weighted by atomic mass is 10.1. The van der Waals surface area contributed by atoms with Crippen molar-refractivity contribution in [3.8, 4) is 0 Å². The molecule has 0 spiro atoms. The molecule has 0 aromatic carbocycles. The van der Waals surface area contributed by atoms with Gasteiger partial charge < -0.3 is 5.32 Å². The van der Waals surface area contributed by atoms with E-state index in [1.54, 1.807) is 12.4 Å². The fourth-order valence-corrected chi connectivity index (χ4v) is 1.69. The van der Waals surface area contributed by atoms with Crippen LogP contribution in [0.4, 0.5) is 5.95 Å². The molecule has 1 saturated heterocycles. The number of likely N-dealkylation sites (N-methyl/N-ethyl adjacent to an activating group) is 1. The summed E-state index contributed by atoms with van der Waals surface area (Å²) in [5.74, 6) is 0.717. The first kappa shape index (κ1) is 9.86. The highest BCUT2D eigenvalue weighted by atomic mass is 79.9. The zero-order chi connectivity index (χ0) is 9.97. The summed E-state index contributed by atoms with van der Waals surface area (Å²) < 4.78 is 0.909. The Morgan fingerprint density at radius 2 is 2.14 bits per heavy atom. The van der Waals surface area contributed by atoms with E-state index in [4.69, 9.17) is 0 Å². The van der Waals surface area contributed by atoms with E-state index >= 15 is 0 Å². The molecule has 0 saturated carbocycles. The first-order chi connectivity index (χ1) is 6.78. The molecule has 4 nitrogen and oxygen atoms in total. The molecule has 1 aliphatic heterocycles. The summed E-state index contributed by atoms with van der Waals surface area (Å²) in [7, 11) is 0. The number of likely N-dealkylation sites (tertiary alicyclic amines) is 1. The van der Waals surface area contributed by atoms with Gasteiger partial charge in [-0.3, -0.25) is 4.90 Å². The SMILES string of the molecule is CCN1CC(Nc2ncc(Br)cn2)C1. The van der Waals surface area contributed by atoms with Gasteiger partial charge in [0, 0.05) is 25.5 Å². The highest BCUT2D eigenvalue weighted by Crippen LogP contribution is 2.12. The van der Waals surface area contributed by atoms with Gasteiger partial charge in [0.1, 0.15) is 0 Å². The third-order valence-electron chi connectivity index (χ3n) is 2.36. The van der Waals surface area contributed by atoms with Gasteiger partial charge in [-0.25, -0.2) is 9.97 Å². The van der Waals surface area contributed by atoms with Crippen molar-refractivity contribution in [3.05, 3.63) is 16.9 Å². The molecule has 0 unspecified atom stereocenters. The van der Waals surface area contributed by atoms with Crippen molar-refractivity contribution in [3.63, 3.8) is 0 Å². The molecule has 14 heavy (non-hydrogen) atoms. The number of hydrogen-bond donors (Lipinski definition) is 1. The van der Waals surface area contributed by atoms with Gasteiger partial charge in [0.25, 0.3) is 0 Å². The lowest BCUT2D eigenvalue weighted by Crippen LogP contribution is -2.54. The maximum Gasteiger partial charge on any atom is 0.222 e. The van der Waals surface area contributed by atoms with Crippen LogP contribution in [0, 0.1) is 0 Å². The molecule has 1 fully saturated rings. The third kappa shape index (κ3) is 2.22. The Hall–Kier alpha value is -0.680. The minimum Gasteiger partial charge on any atom is -0.349 e. The van der Waals surface area contributed by atoms with Crippen LogP contribution >= 0.6 is 15.9 Å². The van der Waals surface area contributed by atoms with Gasteiger partial charge >= 0.3 is 0 Å². The van der Waals surface area contributed by atoms with Crippen LogP contribution in [0.3, 0.4) is 0 Å². The van der Waals surface area contributed by atoms with Gasteiger partial charge in [-0.15, -0.1) is 0 Å². The average Bonchev–Trinajstić information content (AvgIpc) is 2.13. The number of nitrogens with one attached hydrogen (secondary N) is 1. The average molecular weight is 257 g/mol. The topological polar surface area (TPSA) is 41.0 Å². The van der Waals surface area contributed by atoms with E-state index in [0.29, 0.717) is 12.0 Å². The van der Waals surface area contributed by atoms with Gasteiger partial charge in [0.2, 0.25) is 5.95 Å². The summed E-state index contributed by atoms with van der Waals surface area (Å²) >= 11 is 3.30. The molecule has 0 atom stereocenters. The fourth-order valence-electron chi connectivity index (χ4n) is 1.49. The van der Waals surface area contributed by atoms with Crippen molar-refractivity contribution in [1.29, 1.82) is 0 Å². The minimum atomic E-state index is 0.510. The van der Waals surface area contributed by atoms with E-state index in [1.807, 2.05) is 0 Å². The molecule has 1 aromatic heterocycles. The van der Waals surface area contributed by atoms with Gasteiger partial charge in [-0.2, -0.15) is 0 Å². The van der Waals surface area contributed by atoms with E-state index < -0.39 is 0 Å². The maximum absolute atomic E-state index is 4.16. The van der Waals surface area contributed by atoms with Gasteiger partial charge in [-0.1, -0.05) is 6.92 Å². The zero-order valence-electron chi connectivity index (χ0n) is 8.07. The number of halogens is 1. The van der Waals surface area contributed by atoms with E-state index in [0.717, 1.165) is 24.1 Å². The second kappa shape index (κ2) is 4.23. The Morgan fingerprint density at radius 3 is 2.71 bits per heavy atom. The third-order valence-corrected chi connectivity index (χ3v) is 2.77. The van der Waals surface area contributed by atoms with Crippen LogP contribution < -0.4 is 5.32 Å². The minimum absolute atomic E-state index is 0.510. The Labute approximate surface area is 91.9 Å². The molecule has 5 heteroatoms. The Kier molecular flexibility index (Phi) is 2.98. The molecule has 0 amide bonds. The molecular formula is C9H13BrN4. The van der Waals surface area contributed by atoms with Gasteiger partial charge in [0.05, 0.1) is 10.5 Å². The zero-order valence-corrected chi connectivity index (χ0v) is 9.66. The van der Waals surface area contributed by atoms with Crippen LogP contribution in [0.25, 0.3) is 0 Å². The summed E-state index contributed by atoms with van der Waals surface area (Å²) in [4.78, 5) is 10.7. The van der Waals surface area contributed by atoms with E-state index in [9.17, 15) is 0 Å². The Bertz CT molecular complexity index is 294. The standard InChI is InChI=1S/C9H13BrN4/c1-2-14-5-8(6-14)13-9-11-3-7(10)4-12-9/h3-4,8H,2,5-6H2,1H3,(H,11,12,13). The predicted molar refractivity (Wildman–Crippen MR) is 59.3 cm³/mol. The van der Waals surface area contributed by atoms with Crippen LogP contribution in [0.5, 0.6) is 0 Å². The molecule has 0 aliphatic carbocycles. The van der Waals surface area contributed by atoms with Crippen LogP contribution in [0.15, 0.2) is 16.9 Å². The second-order valence-corrected chi connectivity index (χ2v) is 4.33. The summed E-state index contributed by atoms with van der Waals surface area (Å²) in [6, 6.07) is 0.510. The van der Waals surface area contributed by atoms with Gasteiger partial charge in [0.15, 0.2) is 0 Å². The normalized spacial score (nSPS) is 17.9. The van der Waals surface area contributed by atoms with Crippen molar-refractivity contribution >= 4 is 21.9 Å². The summed E-state index contributed by atoms with van der Waals surface area (Å²) in [5.41, 5.74) is 0. The van der Waals surface area contributed by atoms with Crippen LogP contribution in [0.1, 0.15) is 6.92 Å². The van der Waals surface area contributed by atoms with Crippen LogP contribution in [-0.2, 0) is 0 Å². The number of rotatable bonds is 3. The highest BCUT2D eigenvalue weighted by Gasteiger charge is 2.25. The van der Waals surface area contributed by atoms with E-state index in [1.165, 1.54) is 0 Å². The first-order valence-electron chi connectivity index (χ1n) is 4.74. The van der Waals surface area contributed by atoms with E-state index in [-0.39, 0.29) is 0 Å². The summed E-state index contributed by atoms with van der Waals surface area (Å²) in [6.45, 7) is 5.48. The molecule has 0 bridgehead atoms. The Balaban J connectivity index is 1.84. The smallest absolute Gasteiger partial charge is 0.222 e. The fraction of sp³-hybridized carbons (Fsp3) is 0.556. The van der Waals surface area contributed by atoms with Crippen LogP contribution in [-0.4, -0.2) is 40.5 Å². The molecule has 2 rings (SSSR count). The lowest BCUT2D eigenvalue weighted by molar-refractivity contribution is 0.171. The highest BCUT2D eigenvalue weighted by molar-refractivity contribution is 9.10. The molecule has 1 aliphatic rings. The molecule has 0 radical (unpaired) electrons. The molecule has 1 N–H and O–H groups in total. The van der Waals surface area contributed by atoms with Crippen molar-refractivity contribution in [2.45, 2.75) is 13.0 Å². The summed E-state index contributed by atoms with van der Waals surface area (Å²) in [5, 5.41) is 3.29. The maximum atomic E-state index is 4.16. The quantitative estimate of drug-likeness (QED) is 0.887. The number of aromatic nitrogens is 2. The van der Waals surface area contributed by atoms with E-state index in [2.05, 4.69) is 43.0 Å². The monoisotopic (exact) mass is 256 g/mol. The summed E-state index contributed by atoms with van der Waals surface area (Å²) in [6.07, 6.45) is 3.51. The Morgan fingerprint density at radius 1 is 1.50 bits per heavy atom. The van der Waals surface area contributed by atoms with Crippen molar-refractivity contribution in [2.24, 2.45) is 0 Å². The number of anilines is 1. The van der Waals surface area contributed by atoms with Crippen molar-refractivity contribution in [2.75, 3.05) is 25.0 Å². The second-order valence-electron chi connectivity index (χ2n) is 3.42. The molecular weight excluding hydrogens is 244 g/mol. The van der Waals surface area contributed by atoms with Crippen molar-refractivity contribution in [1.82, 2.24) is 14.9 Å². The van der Waals surface area contributed by atoms with Crippen LogP contribution in [0.2, 0.25) is 0 Å². The first-order valence-corrected chi connectivity index (χ1v) is 5.53. The predicted octanol–water partition coefficient (Wildman–Crippen LogP) is 1.36. The molecule has 76 valence electrons. The molecule has 2 heterocycles.